The van der Waals surface area contributed by atoms with Crippen molar-refractivity contribution in [2.75, 3.05) is 6.61 Å². The summed E-state index contributed by atoms with van der Waals surface area (Å²) in [6.07, 6.45) is -5.62. The van der Waals surface area contributed by atoms with Crippen LogP contribution in [0.15, 0.2) is 24.3 Å². The highest BCUT2D eigenvalue weighted by atomic mass is 19.4. The number of carbonyl (C=O) groups is 2. The summed E-state index contributed by atoms with van der Waals surface area (Å²) < 4.78 is 60.3. The van der Waals surface area contributed by atoms with Crippen LogP contribution in [0.25, 0.3) is 0 Å². The molecule has 2 aliphatic heterocycles. The number of rotatable bonds is 12. The summed E-state index contributed by atoms with van der Waals surface area (Å²) in [5.74, 6) is -1.57. The molecule has 0 spiro atoms. The smallest absolute Gasteiger partial charge is 0.416 e. The molecule has 3 aliphatic rings. The zero-order valence-corrected chi connectivity index (χ0v) is 20.7. The van der Waals surface area contributed by atoms with Crippen molar-refractivity contribution in [3.63, 3.8) is 0 Å². The molecule has 0 bridgehead atoms. The van der Waals surface area contributed by atoms with E-state index in [1.807, 2.05) is 0 Å². The lowest BCUT2D eigenvalue weighted by molar-refractivity contribution is -0.147. The van der Waals surface area contributed by atoms with Crippen molar-refractivity contribution in [2.45, 2.75) is 94.9 Å². The van der Waals surface area contributed by atoms with Crippen LogP contribution < -0.4 is 4.74 Å². The first-order valence-corrected chi connectivity index (χ1v) is 12.6. The number of ether oxygens (including phenoxy) is 4. The Morgan fingerprint density at radius 2 is 1.89 bits per heavy atom. The standard InChI is InChI=1S/C26H33F3O8/c1-13(2)35-22(33)8-4-7-20-21(36-20)10-16-17(30)11-18(31)23(16)25-24(37-25)19(32)12-34-15-6-3-5-14(9-15)26(27,28)29/h3,5-6,9,13,16-18,20-21,23-25,30-31H,4,7-8,10-12H2,1-2H3/t16-,17-,18+,20?,21?,23+,24?,25+/m0/s1. The highest BCUT2D eigenvalue weighted by Crippen LogP contribution is 2.48. The van der Waals surface area contributed by atoms with Crippen molar-refractivity contribution in [3.8, 4) is 5.75 Å². The quantitative estimate of drug-likeness (QED) is 0.313. The van der Waals surface area contributed by atoms with Gasteiger partial charge >= 0.3 is 12.1 Å². The van der Waals surface area contributed by atoms with Crippen LogP contribution in [-0.4, -0.2) is 71.3 Å². The number of alkyl halides is 3. The molecule has 1 aromatic rings. The molecule has 3 fully saturated rings. The van der Waals surface area contributed by atoms with Crippen molar-refractivity contribution < 1.29 is 51.9 Å². The Labute approximate surface area is 213 Å². The average molecular weight is 531 g/mol. The van der Waals surface area contributed by atoms with Crippen LogP contribution >= 0.6 is 0 Å². The minimum atomic E-state index is -4.52. The van der Waals surface area contributed by atoms with E-state index in [9.17, 15) is 33.0 Å². The Kier molecular flexibility index (Phi) is 8.47. The van der Waals surface area contributed by atoms with Gasteiger partial charge in [0.1, 0.15) is 18.5 Å². The van der Waals surface area contributed by atoms with Crippen LogP contribution in [0, 0.1) is 11.8 Å². The Balaban J connectivity index is 1.24. The van der Waals surface area contributed by atoms with Gasteiger partial charge in [-0.1, -0.05) is 6.07 Å². The molecule has 8 nitrogen and oxygen atoms in total. The number of aliphatic hydroxyl groups excluding tert-OH is 2. The molecule has 0 aromatic heterocycles. The minimum absolute atomic E-state index is 0.0316. The van der Waals surface area contributed by atoms with E-state index in [1.165, 1.54) is 12.1 Å². The van der Waals surface area contributed by atoms with Gasteiger partial charge in [-0.15, -0.1) is 0 Å². The lowest BCUT2D eigenvalue weighted by atomic mass is 9.84. The number of aliphatic hydroxyl groups is 2. The molecule has 11 heteroatoms. The molecule has 37 heavy (non-hydrogen) atoms. The molecule has 0 radical (unpaired) electrons. The Morgan fingerprint density at radius 3 is 2.59 bits per heavy atom. The van der Waals surface area contributed by atoms with E-state index in [0.29, 0.717) is 25.7 Å². The van der Waals surface area contributed by atoms with Crippen LogP contribution in [0.2, 0.25) is 0 Å². The van der Waals surface area contributed by atoms with Gasteiger partial charge in [-0.2, -0.15) is 13.2 Å². The van der Waals surface area contributed by atoms with Gasteiger partial charge in [0.05, 0.1) is 42.2 Å². The molecular weight excluding hydrogens is 497 g/mol. The second-order valence-corrected chi connectivity index (χ2v) is 10.3. The van der Waals surface area contributed by atoms with E-state index in [0.717, 1.165) is 12.1 Å². The van der Waals surface area contributed by atoms with Gasteiger partial charge in [0.2, 0.25) is 5.78 Å². The minimum Gasteiger partial charge on any atom is -0.486 e. The second kappa shape index (κ2) is 11.3. The van der Waals surface area contributed by atoms with E-state index in [-0.39, 0.29) is 42.4 Å². The number of hydrogen-bond acceptors (Lipinski definition) is 8. The third-order valence-electron chi connectivity index (χ3n) is 7.11. The summed E-state index contributed by atoms with van der Waals surface area (Å²) in [7, 11) is 0. The third kappa shape index (κ3) is 7.22. The first kappa shape index (κ1) is 27.8. The van der Waals surface area contributed by atoms with Crippen LogP contribution in [0.1, 0.15) is 51.5 Å². The molecule has 2 heterocycles. The fraction of sp³-hybridized carbons (Fsp3) is 0.692. The number of ketones is 1. The van der Waals surface area contributed by atoms with Gasteiger partial charge in [-0.25, -0.2) is 0 Å². The van der Waals surface area contributed by atoms with Gasteiger partial charge in [0.15, 0.2) is 0 Å². The molecule has 2 saturated heterocycles. The maximum atomic E-state index is 12.9. The maximum Gasteiger partial charge on any atom is 0.416 e. The summed E-state index contributed by atoms with van der Waals surface area (Å²) >= 11 is 0. The fourth-order valence-corrected chi connectivity index (χ4v) is 5.25. The van der Waals surface area contributed by atoms with E-state index in [4.69, 9.17) is 18.9 Å². The number of halogens is 3. The molecular formula is C26H33F3O8. The highest BCUT2D eigenvalue weighted by Gasteiger charge is 2.59. The van der Waals surface area contributed by atoms with Crippen molar-refractivity contribution in [1.82, 2.24) is 0 Å². The molecule has 4 rings (SSSR count). The van der Waals surface area contributed by atoms with Crippen LogP contribution in [0.4, 0.5) is 13.2 Å². The van der Waals surface area contributed by atoms with Crippen molar-refractivity contribution in [1.29, 1.82) is 0 Å². The molecule has 0 amide bonds. The lowest BCUT2D eigenvalue weighted by Crippen LogP contribution is -2.31. The monoisotopic (exact) mass is 530 g/mol. The number of Topliss-reactive ketones (excluding diaryl/α,β-unsaturated/α-hetero) is 1. The van der Waals surface area contributed by atoms with Crippen molar-refractivity contribution in [3.05, 3.63) is 29.8 Å². The number of carbonyl (C=O) groups excluding carboxylic acids is 2. The normalized spacial score (nSPS) is 32.9. The number of epoxide rings is 2. The number of benzene rings is 1. The molecule has 1 aromatic carbocycles. The predicted molar refractivity (Wildman–Crippen MR) is 123 cm³/mol. The highest BCUT2D eigenvalue weighted by molar-refractivity contribution is 5.87. The summed E-state index contributed by atoms with van der Waals surface area (Å²) in [6.45, 7) is 3.12. The van der Waals surface area contributed by atoms with E-state index in [2.05, 4.69) is 0 Å². The zero-order valence-electron chi connectivity index (χ0n) is 20.7. The van der Waals surface area contributed by atoms with Crippen molar-refractivity contribution in [2.24, 2.45) is 11.8 Å². The first-order chi connectivity index (χ1) is 17.4. The Bertz CT molecular complexity index is 967. The zero-order chi connectivity index (χ0) is 26.9. The summed E-state index contributed by atoms with van der Waals surface area (Å²) in [4.78, 5) is 24.2. The molecule has 8 atom stereocenters. The van der Waals surface area contributed by atoms with Gasteiger partial charge in [-0.3, -0.25) is 9.59 Å². The third-order valence-corrected chi connectivity index (χ3v) is 7.11. The van der Waals surface area contributed by atoms with E-state index in [1.54, 1.807) is 13.8 Å². The SMILES string of the molecule is CC(C)OC(=O)CCCC1OC1C[C@@H]1[C@@H]([C@H]2OC2C(=O)COc2cccc(C(F)(F)F)c2)[C@H](O)C[C@@H]1O. The number of hydrogen-bond donors (Lipinski definition) is 2. The maximum absolute atomic E-state index is 12.9. The van der Waals surface area contributed by atoms with Crippen LogP contribution in [0.5, 0.6) is 5.75 Å². The van der Waals surface area contributed by atoms with Gasteiger partial charge < -0.3 is 29.2 Å². The second-order valence-electron chi connectivity index (χ2n) is 10.3. The fourth-order valence-electron chi connectivity index (χ4n) is 5.25. The molecule has 1 saturated carbocycles. The predicted octanol–water partition coefficient (Wildman–Crippen LogP) is 3.06. The largest absolute Gasteiger partial charge is 0.486 e. The van der Waals surface area contributed by atoms with Crippen molar-refractivity contribution >= 4 is 11.8 Å². The Morgan fingerprint density at radius 1 is 1.14 bits per heavy atom. The summed E-state index contributed by atoms with van der Waals surface area (Å²) in [6, 6.07) is 4.27. The van der Waals surface area contributed by atoms with Gasteiger partial charge in [-0.05, 0) is 63.6 Å². The summed E-state index contributed by atoms with van der Waals surface area (Å²) in [5, 5.41) is 21.1. The molecule has 1 aliphatic carbocycles. The van der Waals surface area contributed by atoms with E-state index < -0.39 is 54.5 Å². The average Bonchev–Trinajstić information content (AvgIpc) is 3.72. The van der Waals surface area contributed by atoms with Gasteiger partial charge in [0.25, 0.3) is 0 Å². The van der Waals surface area contributed by atoms with Gasteiger partial charge in [0, 0.05) is 12.3 Å². The first-order valence-electron chi connectivity index (χ1n) is 12.6. The van der Waals surface area contributed by atoms with Crippen LogP contribution in [-0.2, 0) is 30.0 Å². The molecule has 3 unspecified atom stereocenters. The van der Waals surface area contributed by atoms with E-state index >= 15 is 0 Å². The molecule has 2 N–H and O–H groups in total. The topological polar surface area (TPSA) is 118 Å². The summed E-state index contributed by atoms with van der Waals surface area (Å²) in [5.41, 5.74) is -0.875. The van der Waals surface area contributed by atoms with Crippen LogP contribution in [0.3, 0.4) is 0 Å². The Hall–Kier alpha value is -2.21. The number of esters is 1. The molecule has 206 valence electrons. The lowest BCUT2D eigenvalue weighted by Gasteiger charge is -2.21.